The van der Waals surface area contributed by atoms with Gasteiger partial charge in [-0.3, -0.25) is 0 Å². The molecule has 0 spiro atoms. The number of aryl methyl sites for hydroxylation is 1. The van der Waals surface area contributed by atoms with Crippen LogP contribution >= 0.6 is 11.3 Å². The summed E-state index contributed by atoms with van der Waals surface area (Å²) in [5.41, 5.74) is 1.08. The van der Waals surface area contributed by atoms with Crippen molar-refractivity contribution in [3.8, 4) is 11.4 Å². The normalized spacial score (nSPS) is 16.0. The van der Waals surface area contributed by atoms with Gasteiger partial charge < -0.3 is 5.32 Å². The number of fused-ring (bicyclic) bond motifs is 1. The summed E-state index contributed by atoms with van der Waals surface area (Å²) in [7, 11) is 0. The van der Waals surface area contributed by atoms with Gasteiger partial charge in [0.1, 0.15) is 10.6 Å². The van der Waals surface area contributed by atoms with Gasteiger partial charge in [0.15, 0.2) is 5.82 Å². The second kappa shape index (κ2) is 7.52. The maximum atomic E-state index is 4.93. The van der Waals surface area contributed by atoms with Gasteiger partial charge >= 0.3 is 0 Å². The molecule has 4 rings (SSSR count). The number of nitrogens with one attached hydrogen (secondary N) is 1. The number of hydrogen-bond acceptors (Lipinski definition) is 4. The Morgan fingerprint density at radius 3 is 2.52 bits per heavy atom. The molecule has 0 aliphatic heterocycles. The van der Waals surface area contributed by atoms with Crippen LogP contribution in [0.1, 0.15) is 50.3 Å². The minimum atomic E-state index is 0.536. The van der Waals surface area contributed by atoms with E-state index >= 15 is 0 Å². The Hall–Kier alpha value is -1.94. The number of anilines is 1. The second-order valence-corrected chi connectivity index (χ2v) is 7.99. The van der Waals surface area contributed by atoms with Gasteiger partial charge in [-0.25, -0.2) is 9.97 Å². The monoisotopic (exact) mass is 351 g/mol. The molecule has 3 nitrogen and oxygen atoms in total. The van der Waals surface area contributed by atoms with Crippen molar-refractivity contribution in [2.24, 2.45) is 0 Å². The first-order valence-electron chi connectivity index (χ1n) is 9.46. The lowest BCUT2D eigenvalue weighted by Crippen LogP contribution is -2.19. The first kappa shape index (κ1) is 16.5. The van der Waals surface area contributed by atoms with Crippen LogP contribution in [-0.2, 0) is 6.42 Å². The third-order valence-corrected chi connectivity index (χ3v) is 6.19. The molecule has 0 amide bonds. The van der Waals surface area contributed by atoms with Crippen molar-refractivity contribution in [3.05, 3.63) is 41.3 Å². The SMILES string of the molecule is CCc1cc2c(NC3CCCCCC3)nc(-c3ccccc3)nc2s1. The zero-order valence-electron chi connectivity index (χ0n) is 14.8. The Bertz CT molecular complexity index is 833. The molecule has 1 aliphatic rings. The van der Waals surface area contributed by atoms with Crippen molar-refractivity contribution < 1.29 is 0 Å². The van der Waals surface area contributed by atoms with E-state index in [-0.39, 0.29) is 0 Å². The third kappa shape index (κ3) is 3.69. The van der Waals surface area contributed by atoms with Crippen molar-refractivity contribution in [2.75, 3.05) is 5.32 Å². The molecule has 4 heteroatoms. The molecule has 1 aliphatic carbocycles. The minimum Gasteiger partial charge on any atom is -0.367 e. The van der Waals surface area contributed by atoms with Crippen LogP contribution < -0.4 is 5.32 Å². The summed E-state index contributed by atoms with van der Waals surface area (Å²) in [6, 6.07) is 13.1. The van der Waals surface area contributed by atoms with E-state index < -0.39 is 0 Å². The fourth-order valence-corrected chi connectivity index (χ4v) is 4.56. The number of hydrogen-bond donors (Lipinski definition) is 1. The van der Waals surface area contributed by atoms with Gasteiger partial charge in [0, 0.05) is 16.5 Å². The van der Waals surface area contributed by atoms with Crippen LogP contribution in [0.5, 0.6) is 0 Å². The molecule has 0 saturated heterocycles. The summed E-state index contributed by atoms with van der Waals surface area (Å²) in [6.07, 6.45) is 8.91. The second-order valence-electron chi connectivity index (χ2n) is 6.88. The van der Waals surface area contributed by atoms with E-state index in [1.165, 1.54) is 48.8 Å². The van der Waals surface area contributed by atoms with Gasteiger partial charge in [0.2, 0.25) is 0 Å². The van der Waals surface area contributed by atoms with Crippen LogP contribution in [0.2, 0.25) is 0 Å². The zero-order chi connectivity index (χ0) is 17.1. The standard InChI is InChI=1S/C21H25N3S/c1-2-17-14-18-20(22-16-12-8-3-4-9-13-16)23-19(24-21(18)25-17)15-10-6-5-7-11-15/h5-7,10-11,14,16H,2-4,8-9,12-13H2,1H3,(H,22,23,24). The van der Waals surface area contributed by atoms with Crippen molar-refractivity contribution in [1.82, 2.24) is 9.97 Å². The highest BCUT2D eigenvalue weighted by Crippen LogP contribution is 2.33. The van der Waals surface area contributed by atoms with Gasteiger partial charge in [0.05, 0.1) is 5.39 Å². The highest BCUT2D eigenvalue weighted by atomic mass is 32.1. The zero-order valence-corrected chi connectivity index (χ0v) is 15.6. The van der Waals surface area contributed by atoms with E-state index in [2.05, 4.69) is 30.4 Å². The Balaban J connectivity index is 1.75. The van der Waals surface area contributed by atoms with E-state index in [9.17, 15) is 0 Å². The summed E-state index contributed by atoms with van der Waals surface area (Å²) in [6.45, 7) is 2.20. The van der Waals surface area contributed by atoms with Crippen LogP contribution in [0.25, 0.3) is 21.6 Å². The Morgan fingerprint density at radius 1 is 1.04 bits per heavy atom. The van der Waals surface area contributed by atoms with Crippen molar-refractivity contribution in [3.63, 3.8) is 0 Å². The molecule has 1 aromatic carbocycles. The average Bonchev–Trinajstić information content (AvgIpc) is 2.91. The number of rotatable bonds is 4. The molecule has 0 radical (unpaired) electrons. The maximum absolute atomic E-state index is 4.93. The predicted octanol–water partition coefficient (Wildman–Crippen LogP) is 6.06. The summed E-state index contributed by atoms with van der Waals surface area (Å²) in [5.74, 6) is 1.85. The Morgan fingerprint density at radius 2 is 1.80 bits per heavy atom. The highest BCUT2D eigenvalue weighted by molar-refractivity contribution is 7.18. The topological polar surface area (TPSA) is 37.8 Å². The third-order valence-electron chi connectivity index (χ3n) is 5.02. The highest BCUT2D eigenvalue weighted by Gasteiger charge is 2.17. The van der Waals surface area contributed by atoms with Gasteiger partial charge in [-0.2, -0.15) is 0 Å². The Kier molecular flexibility index (Phi) is 4.97. The molecule has 3 aromatic rings. The van der Waals surface area contributed by atoms with E-state index in [1.54, 1.807) is 11.3 Å². The fourth-order valence-electron chi connectivity index (χ4n) is 3.59. The van der Waals surface area contributed by atoms with Gasteiger partial charge in [-0.1, -0.05) is 62.9 Å². The van der Waals surface area contributed by atoms with E-state index in [0.717, 1.165) is 28.5 Å². The molecule has 1 N–H and O–H groups in total. The smallest absolute Gasteiger partial charge is 0.163 e. The molecule has 130 valence electrons. The molecule has 0 bridgehead atoms. The predicted molar refractivity (Wildman–Crippen MR) is 107 cm³/mol. The average molecular weight is 352 g/mol. The van der Waals surface area contributed by atoms with Crippen LogP contribution in [0, 0.1) is 0 Å². The number of benzene rings is 1. The molecule has 2 aromatic heterocycles. The van der Waals surface area contributed by atoms with Crippen molar-refractivity contribution in [1.29, 1.82) is 0 Å². The molecule has 25 heavy (non-hydrogen) atoms. The largest absolute Gasteiger partial charge is 0.367 e. The summed E-state index contributed by atoms with van der Waals surface area (Å²) in [5, 5.41) is 4.95. The lowest BCUT2D eigenvalue weighted by Gasteiger charge is -2.18. The molecular weight excluding hydrogens is 326 g/mol. The van der Waals surface area contributed by atoms with E-state index in [0.29, 0.717) is 6.04 Å². The van der Waals surface area contributed by atoms with Crippen LogP contribution in [-0.4, -0.2) is 16.0 Å². The molecule has 0 atom stereocenters. The molecular formula is C21H25N3S. The van der Waals surface area contributed by atoms with Gasteiger partial charge in [-0.15, -0.1) is 11.3 Å². The maximum Gasteiger partial charge on any atom is 0.163 e. The fraction of sp³-hybridized carbons (Fsp3) is 0.429. The van der Waals surface area contributed by atoms with Crippen LogP contribution in [0.3, 0.4) is 0 Å². The van der Waals surface area contributed by atoms with Gasteiger partial charge in [0.25, 0.3) is 0 Å². The summed E-state index contributed by atoms with van der Waals surface area (Å²) >= 11 is 1.80. The number of aromatic nitrogens is 2. The molecule has 1 saturated carbocycles. The minimum absolute atomic E-state index is 0.536. The van der Waals surface area contributed by atoms with E-state index in [1.807, 2.05) is 18.2 Å². The Labute approximate surface area is 153 Å². The number of thiophene rings is 1. The quantitative estimate of drug-likeness (QED) is 0.581. The van der Waals surface area contributed by atoms with Crippen LogP contribution in [0.4, 0.5) is 5.82 Å². The lowest BCUT2D eigenvalue weighted by molar-refractivity contribution is 0.618. The summed E-state index contributed by atoms with van der Waals surface area (Å²) in [4.78, 5) is 12.3. The first-order chi connectivity index (χ1) is 12.3. The number of nitrogens with zero attached hydrogens (tertiary/aromatic N) is 2. The lowest BCUT2D eigenvalue weighted by atomic mass is 10.1. The first-order valence-corrected chi connectivity index (χ1v) is 10.3. The molecule has 1 fully saturated rings. The van der Waals surface area contributed by atoms with E-state index in [4.69, 9.17) is 9.97 Å². The molecule has 0 unspecified atom stereocenters. The van der Waals surface area contributed by atoms with Crippen LogP contribution in [0.15, 0.2) is 36.4 Å². The molecule has 2 heterocycles. The van der Waals surface area contributed by atoms with Crippen molar-refractivity contribution in [2.45, 2.75) is 57.9 Å². The van der Waals surface area contributed by atoms with Crippen molar-refractivity contribution >= 4 is 27.4 Å². The van der Waals surface area contributed by atoms with Gasteiger partial charge in [-0.05, 0) is 25.3 Å². The summed E-state index contributed by atoms with van der Waals surface area (Å²) < 4.78 is 0.